The highest BCUT2D eigenvalue weighted by Crippen LogP contribution is 2.52. The van der Waals surface area contributed by atoms with E-state index in [1.807, 2.05) is 53.2 Å². The number of hydrogen-bond acceptors (Lipinski definition) is 7. The lowest BCUT2D eigenvalue weighted by Crippen LogP contribution is -2.32. The average molecular weight is 469 g/mol. The molecule has 0 unspecified atom stereocenters. The quantitative estimate of drug-likeness (QED) is 0.448. The normalized spacial score (nSPS) is 17.9. The predicted molar refractivity (Wildman–Crippen MR) is 131 cm³/mol. The number of benzene rings is 3. The number of methoxy groups -OCH3 is 3. The van der Waals surface area contributed by atoms with E-state index in [1.165, 1.54) is 0 Å². The number of ether oxygens (including phenoxy) is 4. The van der Waals surface area contributed by atoms with Gasteiger partial charge in [0, 0.05) is 11.1 Å². The summed E-state index contributed by atoms with van der Waals surface area (Å²) in [6.45, 7) is 0. The molecule has 0 saturated carbocycles. The van der Waals surface area contributed by atoms with Crippen molar-refractivity contribution >= 4 is 11.6 Å². The van der Waals surface area contributed by atoms with Crippen molar-refractivity contribution in [2.75, 3.05) is 26.6 Å². The Kier molecular flexibility index (Phi) is 5.06. The Bertz CT molecular complexity index is 1410. The molecule has 2 aliphatic heterocycles. The fourth-order valence-corrected chi connectivity index (χ4v) is 4.90. The summed E-state index contributed by atoms with van der Waals surface area (Å²) in [4.78, 5) is 4.49. The molecule has 3 aromatic carbocycles. The Labute approximate surface area is 202 Å². The van der Waals surface area contributed by atoms with Crippen molar-refractivity contribution in [3.05, 3.63) is 95.3 Å². The Morgan fingerprint density at radius 1 is 0.857 bits per heavy atom. The Balaban J connectivity index is 1.64. The summed E-state index contributed by atoms with van der Waals surface area (Å²) >= 11 is 0. The van der Waals surface area contributed by atoms with Crippen molar-refractivity contribution in [3.63, 3.8) is 0 Å². The van der Waals surface area contributed by atoms with E-state index in [-0.39, 0.29) is 12.1 Å². The van der Waals surface area contributed by atoms with Crippen LogP contribution >= 0.6 is 0 Å². The number of hydrogen-bond donors (Lipinski definition) is 1. The van der Waals surface area contributed by atoms with Gasteiger partial charge >= 0.3 is 0 Å². The van der Waals surface area contributed by atoms with E-state index in [0.717, 1.165) is 33.7 Å². The standard InChI is InChI=1S/C27H24N4O4/c1-32-20-13-17(14-21(33-2)26(20)34-3)24-22-23(30-27-28-15-29-31(24)27)18-11-7-8-12-19(18)35-25(22)16-9-5-4-6-10-16/h4-15,24-25H,1-3H3,(H,28,29,30)/t24-,25-/m1/s1. The Hall–Kier alpha value is -4.46. The van der Waals surface area contributed by atoms with Crippen LogP contribution in [0.4, 0.5) is 5.95 Å². The van der Waals surface area contributed by atoms with Gasteiger partial charge in [0.1, 0.15) is 24.2 Å². The number of para-hydroxylation sites is 1. The molecule has 176 valence electrons. The SMILES string of the molecule is COc1cc([C@@H]2C3=C(Nc4ncnn42)c2ccccc2O[C@@H]3c2ccccc2)cc(OC)c1OC. The maximum Gasteiger partial charge on any atom is 0.226 e. The minimum absolute atomic E-state index is 0.337. The van der Waals surface area contributed by atoms with Crippen LogP contribution in [0, 0.1) is 0 Å². The van der Waals surface area contributed by atoms with E-state index in [0.29, 0.717) is 23.2 Å². The summed E-state index contributed by atoms with van der Waals surface area (Å²) in [6.07, 6.45) is 1.20. The van der Waals surface area contributed by atoms with Gasteiger partial charge < -0.3 is 24.3 Å². The number of nitrogens with one attached hydrogen (secondary N) is 1. The van der Waals surface area contributed by atoms with Crippen LogP contribution in [0.15, 0.2) is 78.6 Å². The molecule has 8 nitrogen and oxygen atoms in total. The minimum Gasteiger partial charge on any atom is -0.493 e. The lowest BCUT2D eigenvalue weighted by molar-refractivity contribution is 0.223. The van der Waals surface area contributed by atoms with Crippen LogP contribution in [0.3, 0.4) is 0 Å². The van der Waals surface area contributed by atoms with Gasteiger partial charge in [0.25, 0.3) is 0 Å². The fourth-order valence-electron chi connectivity index (χ4n) is 4.90. The minimum atomic E-state index is -0.352. The molecule has 8 heteroatoms. The maximum absolute atomic E-state index is 6.64. The summed E-state index contributed by atoms with van der Waals surface area (Å²) < 4.78 is 25.4. The molecular formula is C27H24N4O4. The smallest absolute Gasteiger partial charge is 0.226 e. The van der Waals surface area contributed by atoms with Crippen LogP contribution in [-0.2, 0) is 0 Å². The molecule has 0 amide bonds. The maximum atomic E-state index is 6.64. The number of nitrogens with zero attached hydrogens (tertiary/aromatic N) is 3. The summed E-state index contributed by atoms with van der Waals surface area (Å²) in [5.41, 5.74) is 4.89. The third-order valence-electron chi connectivity index (χ3n) is 6.43. The van der Waals surface area contributed by atoms with Crippen molar-refractivity contribution < 1.29 is 18.9 Å². The Morgan fingerprint density at radius 3 is 2.29 bits per heavy atom. The van der Waals surface area contributed by atoms with Gasteiger partial charge in [0.15, 0.2) is 11.5 Å². The first-order valence-corrected chi connectivity index (χ1v) is 11.2. The van der Waals surface area contributed by atoms with Crippen LogP contribution < -0.4 is 24.3 Å². The fraction of sp³-hybridized carbons (Fsp3) is 0.185. The van der Waals surface area contributed by atoms with Gasteiger partial charge in [-0.05, 0) is 35.4 Å². The van der Waals surface area contributed by atoms with Crippen molar-refractivity contribution in [1.29, 1.82) is 0 Å². The van der Waals surface area contributed by atoms with Crippen LogP contribution in [-0.4, -0.2) is 36.1 Å². The average Bonchev–Trinajstić information content (AvgIpc) is 3.39. The lowest BCUT2D eigenvalue weighted by Gasteiger charge is -2.39. The molecule has 0 radical (unpaired) electrons. The summed E-state index contributed by atoms with van der Waals surface area (Å²) in [6, 6.07) is 21.8. The van der Waals surface area contributed by atoms with Gasteiger partial charge in [-0.3, -0.25) is 0 Å². The van der Waals surface area contributed by atoms with Gasteiger partial charge in [-0.25, -0.2) is 4.68 Å². The molecule has 2 aliphatic rings. The van der Waals surface area contributed by atoms with E-state index in [9.17, 15) is 0 Å². The van der Waals surface area contributed by atoms with Crippen molar-refractivity contribution in [2.24, 2.45) is 0 Å². The molecule has 0 saturated heterocycles. The van der Waals surface area contributed by atoms with E-state index >= 15 is 0 Å². The largest absolute Gasteiger partial charge is 0.493 e. The van der Waals surface area contributed by atoms with Crippen molar-refractivity contribution in [2.45, 2.75) is 12.1 Å². The van der Waals surface area contributed by atoms with Gasteiger partial charge in [-0.15, -0.1) is 0 Å². The van der Waals surface area contributed by atoms with Crippen molar-refractivity contribution in [3.8, 4) is 23.0 Å². The highest BCUT2D eigenvalue weighted by Gasteiger charge is 2.41. The molecule has 1 aromatic heterocycles. The van der Waals surface area contributed by atoms with Crippen LogP contribution in [0.5, 0.6) is 23.0 Å². The third-order valence-corrected chi connectivity index (χ3v) is 6.43. The zero-order chi connectivity index (χ0) is 23.9. The van der Waals surface area contributed by atoms with Crippen LogP contribution in [0.2, 0.25) is 0 Å². The molecule has 4 aromatic rings. The van der Waals surface area contributed by atoms with E-state index in [1.54, 1.807) is 27.7 Å². The first-order chi connectivity index (χ1) is 17.2. The number of rotatable bonds is 5. The number of fused-ring (bicyclic) bond motifs is 3. The van der Waals surface area contributed by atoms with Crippen LogP contribution in [0.25, 0.3) is 5.70 Å². The molecule has 1 N–H and O–H groups in total. The van der Waals surface area contributed by atoms with Gasteiger partial charge in [-0.2, -0.15) is 10.1 Å². The zero-order valence-corrected chi connectivity index (χ0v) is 19.6. The predicted octanol–water partition coefficient (Wildman–Crippen LogP) is 4.86. The Morgan fingerprint density at radius 2 is 1.57 bits per heavy atom. The van der Waals surface area contributed by atoms with Crippen LogP contribution in [0.1, 0.15) is 28.8 Å². The molecule has 0 spiro atoms. The molecule has 6 rings (SSSR count). The summed E-state index contributed by atoms with van der Waals surface area (Å²) in [7, 11) is 4.82. The summed E-state index contributed by atoms with van der Waals surface area (Å²) in [5, 5.41) is 8.10. The molecule has 3 heterocycles. The molecule has 35 heavy (non-hydrogen) atoms. The first kappa shape index (κ1) is 21.1. The van der Waals surface area contributed by atoms with Gasteiger partial charge in [0.05, 0.1) is 27.0 Å². The van der Waals surface area contributed by atoms with Gasteiger partial charge in [-0.1, -0.05) is 42.5 Å². The molecule has 0 fully saturated rings. The van der Waals surface area contributed by atoms with E-state index in [4.69, 9.17) is 18.9 Å². The van der Waals surface area contributed by atoms with E-state index in [2.05, 4.69) is 33.6 Å². The first-order valence-electron chi connectivity index (χ1n) is 11.2. The summed E-state index contributed by atoms with van der Waals surface area (Å²) in [5.74, 6) is 3.12. The van der Waals surface area contributed by atoms with E-state index < -0.39 is 0 Å². The molecular weight excluding hydrogens is 444 g/mol. The molecule has 0 bridgehead atoms. The number of aromatic nitrogens is 3. The highest BCUT2D eigenvalue weighted by molar-refractivity contribution is 5.85. The van der Waals surface area contributed by atoms with Crippen molar-refractivity contribution in [1.82, 2.24) is 14.8 Å². The second kappa shape index (κ2) is 8.39. The molecule has 0 aliphatic carbocycles. The lowest BCUT2D eigenvalue weighted by atomic mass is 9.84. The topological polar surface area (TPSA) is 79.7 Å². The number of anilines is 1. The molecule has 2 atom stereocenters. The highest BCUT2D eigenvalue weighted by atomic mass is 16.5. The monoisotopic (exact) mass is 468 g/mol. The second-order valence-electron chi connectivity index (χ2n) is 8.25. The third kappa shape index (κ3) is 3.29. The van der Waals surface area contributed by atoms with Gasteiger partial charge in [0.2, 0.25) is 11.7 Å². The zero-order valence-electron chi connectivity index (χ0n) is 19.6. The second-order valence-corrected chi connectivity index (χ2v) is 8.25.